The Morgan fingerprint density at radius 3 is 1.67 bits per heavy atom. The maximum Gasteiger partial charge on any atom is 0.0464 e. The van der Waals surface area contributed by atoms with Gasteiger partial charge in [-0.3, -0.25) is 0 Å². The number of rotatable bonds is 8. The van der Waals surface area contributed by atoms with Crippen molar-refractivity contribution in [2.75, 3.05) is 13.2 Å². The fraction of sp³-hybridized carbons (Fsp3) is 1.00. The standard InChI is InChI=1S/C16H32O2/c1-3-5-7-14-9-13(11-17)10-15(8-6-4-2)16(14)12-18/h13-18H,3-12H2,1-2H3. The van der Waals surface area contributed by atoms with Gasteiger partial charge in [-0.05, 0) is 36.5 Å². The van der Waals surface area contributed by atoms with E-state index in [1.165, 1.54) is 38.5 Å². The van der Waals surface area contributed by atoms with Crippen LogP contribution in [0.4, 0.5) is 0 Å². The zero-order chi connectivity index (χ0) is 13.4. The molecule has 1 aliphatic carbocycles. The largest absolute Gasteiger partial charge is 0.396 e. The summed E-state index contributed by atoms with van der Waals surface area (Å²) in [6.45, 7) is 5.15. The molecule has 0 heterocycles. The molecule has 2 N–H and O–H groups in total. The van der Waals surface area contributed by atoms with Gasteiger partial charge in [0.05, 0.1) is 0 Å². The van der Waals surface area contributed by atoms with Crippen molar-refractivity contribution >= 4 is 0 Å². The van der Waals surface area contributed by atoms with Crippen LogP contribution in [0.2, 0.25) is 0 Å². The summed E-state index contributed by atoms with van der Waals surface area (Å²) >= 11 is 0. The van der Waals surface area contributed by atoms with Crippen molar-refractivity contribution in [3.05, 3.63) is 0 Å². The highest BCUT2D eigenvalue weighted by Crippen LogP contribution is 2.42. The molecule has 2 atom stereocenters. The van der Waals surface area contributed by atoms with Crippen LogP contribution in [-0.4, -0.2) is 23.4 Å². The molecule has 0 radical (unpaired) electrons. The van der Waals surface area contributed by atoms with E-state index in [2.05, 4.69) is 13.8 Å². The summed E-state index contributed by atoms with van der Waals surface area (Å²) in [5.41, 5.74) is 0. The van der Waals surface area contributed by atoms with Crippen molar-refractivity contribution in [1.82, 2.24) is 0 Å². The van der Waals surface area contributed by atoms with Crippen LogP contribution < -0.4 is 0 Å². The minimum atomic E-state index is 0.337. The minimum absolute atomic E-state index is 0.337. The van der Waals surface area contributed by atoms with Crippen LogP contribution in [0.1, 0.15) is 65.2 Å². The van der Waals surface area contributed by atoms with Crippen molar-refractivity contribution in [1.29, 1.82) is 0 Å². The maximum atomic E-state index is 9.73. The molecule has 2 unspecified atom stereocenters. The molecule has 0 aromatic rings. The zero-order valence-electron chi connectivity index (χ0n) is 12.3. The number of aliphatic hydroxyl groups is 2. The first-order valence-corrected chi connectivity index (χ1v) is 7.98. The lowest BCUT2D eigenvalue weighted by Crippen LogP contribution is -2.36. The monoisotopic (exact) mass is 256 g/mol. The fourth-order valence-electron chi connectivity index (χ4n) is 3.73. The molecule has 1 rings (SSSR count). The third-order valence-electron chi connectivity index (χ3n) is 4.81. The molecule has 0 spiro atoms. The van der Waals surface area contributed by atoms with Gasteiger partial charge in [0, 0.05) is 13.2 Å². The van der Waals surface area contributed by atoms with Gasteiger partial charge in [-0.2, -0.15) is 0 Å². The second-order valence-electron chi connectivity index (χ2n) is 6.17. The SMILES string of the molecule is CCCCC1CC(CO)CC(CCCC)C1CO. The second kappa shape index (κ2) is 8.92. The fourth-order valence-corrected chi connectivity index (χ4v) is 3.73. The van der Waals surface area contributed by atoms with Crippen LogP contribution >= 0.6 is 0 Å². The van der Waals surface area contributed by atoms with E-state index < -0.39 is 0 Å². The van der Waals surface area contributed by atoms with Gasteiger partial charge >= 0.3 is 0 Å². The molecular formula is C16H32O2. The molecule has 108 valence electrons. The van der Waals surface area contributed by atoms with Gasteiger partial charge in [0.1, 0.15) is 0 Å². The van der Waals surface area contributed by atoms with E-state index in [-0.39, 0.29) is 0 Å². The summed E-state index contributed by atoms with van der Waals surface area (Å²) in [6, 6.07) is 0. The Labute approximate surface area is 113 Å². The molecule has 18 heavy (non-hydrogen) atoms. The van der Waals surface area contributed by atoms with Crippen LogP contribution in [-0.2, 0) is 0 Å². The summed E-state index contributed by atoms with van der Waals surface area (Å²) in [4.78, 5) is 0. The third kappa shape index (κ3) is 4.55. The Morgan fingerprint density at radius 1 is 0.833 bits per heavy atom. The van der Waals surface area contributed by atoms with Crippen molar-refractivity contribution in [2.45, 2.75) is 65.2 Å². The smallest absolute Gasteiger partial charge is 0.0464 e. The second-order valence-corrected chi connectivity index (χ2v) is 6.17. The highest BCUT2D eigenvalue weighted by atomic mass is 16.3. The van der Waals surface area contributed by atoms with E-state index in [1.54, 1.807) is 0 Å². The Balaban J connectivity index is 2.61. The Kier molecular flexibility index (Phi) is 7.92. The predicted octanol–water partition coefficient (Wildman–Crippen LogP) is 3.61. The van der Waals surface area contributed by atoms with Gasteiger partial charge in [-0.15, -0.1) is 0 Å². The quantitative estimate of drug-likeness (QED) is 0.696. The number of unbranched alkanes of at least 4 members (excludes halogenated alkanes) is 2. The molecule has 2 heteroatoms. The van der Waals surface area contributed by atoms with Crippen molar-refractivity contribution in [2.24, 2.45) is 23.7 Å². The molecule has 1 fully saturated rings. The average molecular weight is 256 g/mol. The summed E-state index contributed by atoms with van der Waals surface area (Å²) in [5.74, 6) is 2.26. The molecule has 0 aromatic heterocycles. The average Bonchev–Trinajstić information content (AvgIpc) is 2.41. The summed E-state index contributed by atoms with van der Waals surface area (Å²) in [6.07, 6.45) is 9.73. The zero-order valence-corrected chi connectivity index (χ0v) is 12.3. The lowest BCUT2D eigenvalue weighted by Gasteiger charge is -2.41. The first-order chi connectivity index (χ1) is 8.76. The predicted molar refractivity (Wildman–Crippen MR) is 76.4 cm³/mol. The molecule has 0 aromatic carbocycles. The van der Waals surface area contributed by atoms with Crippen LogP contribution in [0, 0.1) is 23.7 Å². The van der Waals surface area contributed by atoms with Crippen LogP contribution in [0.15, 0.2) is 0 Å². The molecule has 0 bridgehead atoms. The number of aliphatic hydroxyl groups excluding tert-OH is 2. The molecule has 1 aliphatic rings. The van der Waals surface area contributed by atoms with Gasteiger partial charge in [0.2, 0.25) is 0 Å². The lowest BCUT2D eigenvalue weighted by molar-refractivity contribution is 0.0239. The number of hydrogen-bond acceptors (Lipinski definition) is 2. The molecule has 1 saturated carbocycles. The maximum absolute atomic E-state index is 9.73. The first-order valence-electron chi connectivity index (χ1n) is 7.98. The van der Waals surface area contributed by atoms with Gasteiger partial charge < -0.3 is 10.2 Å². The Bertz CT molecular complexity index is 187. The van der Waals surface area contributed by atoms with E-state index in [1.807, 2.05) is 0 Å². The minimum Gasteiger partial charge on any atom is -0.396 e. The van der Waals surface area contributed by atoms with Gasteiger partial charge in [-0.25, -0.2) is 0 Å². The van der Waals surface area contributed by atoms with E-state index in [0.29, 0.717) is 36.9 Å². The number of hydrogen-bond donors (Lipinski definition) is 2. The topological polar surface area (TPSA) is 40.5 Å². The van der Waals surface area contributed by atoms with Crippen LogP contribution in [0.25, 0.3) is 0 Å². The summed E-state index contributed by atoms with van der Waals surface area (Å²) in [5, 5.41) is 19.2. The van der Waals surface area contributed by atoms with E-state index in [4.69, 9.17) is 0 Å². The molecular weight excluding hydrogens is 224 g/mol. The van der Waals surface area contributed by atoms with Crippen molar-refractivity contribution in [3.8, 4) is 0 Å². The van der Waals surface area contributed by atoms with Crippen LogP contribution in [0.5, 0.6) is 0 Å². The summed E-state index contributed by atoms with van der Waals surface area (Å²) < 4.78 is 0. The molecule has 0 aliphatic heterocycles. The van der Waals surface area contributed by atoms with Gasteiger partial charge in [0.25, 0.3) is 0 Å². The van der Waals surface area contributed by atoms with Crippen molar-refractivity contribution in [3.63, 3.8) is 0 Å². The van der Waals surface area contributed by atoms with Gasteiger partial charge in [0.15, 0.2) is 0 Å². The molecule has 0 saturated heterocycles. The lowest BCUT2D eigenvalue weighted by atomic mass is 9.65. The Morgan fingerprint density at radius 2 is 1.33 bits per heavy atom. The molecule has 2 nitrogen and oxygen atoms in total. The summed E-state index contributed by atoms with van der Waals surface area (Å²) in [7, 11) is 0. The first kappa shape index (κ1) is 16.0. The third-order valence-corrected chi connectivity index (χ3v) is 4.81. The molecule has 0 amide bonds. The van der Waals surface area contributed by atoms with E-state index >= 15 is 0 Å². The van der Waals surface area contributed by atoms with Gasteiger partial charge in [-0.1, -0.05) is 52.4 Å². The van der Waals surface area contributed by atoms with Crippen LogP contribution in [0.3, 0.4) is 0 Å². The van der Waals surface area contributed by atoms with Crippen molar-refractivity contribution < 1.29 is 10.2 Å². The highest BCUT2D eigenvalue weighted by Gasteiger charge is 2.36. The van der Waals surface area contributed by atoms with E-state index in [0.717, 1.165) is 12.8 Å². The van der Waals surface area contributed by atoms with E-state index in [9.17, 15) is 10.2 Å². The highest BCUT2D eigenvalue weighted by molar-refractivity contribution is 4.85. The normalized spacial score (nSPS) is 32.7. The Hall–Kier alpha value is -0.0800.